The second-order valence-corrected chi connectivity index (χ2v) is 5.57. The van der Waals surface area contributed by atoms with Gasteiger partial charge in [0.2, 0.25) is 5.91 Å². The quantitative estimate of drug-likeness (QED) is 0.915. The van der Waals surface area contributed by atoms with Crippen molar-refractivity contribution in [3.8, 4) is 0 Å². The molecule has 0 radical (unpaired) electrons. The fourth-order valence-corrected chi connectivity index (χ4v) is 2.76. The number of nitrogens with zero attached hydrogens (tertiary/aromatic N) is 3. The number of aromatic nitrogens is 2. The first-order valence-corrected chi connectivity index (χ1v) is 7.16. The van der Waals surface area contributed by atoms with Gasteiger partial charge in [0.05, 0.1) is 12.1 Å². The molecule has 0 spiro atoms. The number of hydrogen-bond donors (Lipinski definition) is 1. The average molecular weight is 298 g/mol. The summed E-state index contributed by atoms with van der Waals surface area (Å²) >= 11 is 0. The van der Waals surface area contributed by atoms with Gasteiger partial charge in [0.15, 0.2) is 0 Å². The highest BCUT2D eigenvalue weighted by molar-refractivity contribution is 6.00. The summed E-state index contributed by atoms with van der Waals surface area (Å²) < 4.78 is 1.70. The van der Waals surface area contributed by atoms with E-state index >= 15 is 0 Å². The normalized spacial score (nSPS) is 17.3. The second-order valence-electron chi connectivity index (χ2n) is 5.57. The lowest BCUT2D eigenvalue weighted by atomic mass is 9.89. The van der Waals surface area contributed by atoms with E-state index < -0.39 is 0 Å². The number of rotatable bonds is 3. The van der Waals surface area contributed by atoms with Crippen LogP contribution >= 0.6 is 0 Å². The molecule has 114 valence electrons. The summed E-state index contributed by atoms with van der Waals surface area (Å²) in [6.07, 6.45) is 3.59. The van der Waals surface area contributed by atoms with Crippen LogP contribution in [0.3, 0.4) is 0 Å². The molecule has 1 atom stereocenters. The highest BCUT2D eigenvalue weighted by Crippen LogP contribution is 2.27. The number of benzene rings is 1. The first-order valence-electron chi connectivity index (χ1n) is 7.16. The zero-order valence-electron chi connectivity index (χ0n) is 12.6. The predicted molar refractivity (Wildman–Crippen MR) is 81.2 cm³/mol. The molecule has 2 aromatic rings. The summed E-state index contributed by atoms with van der Waals surface area (Å²) in [4.78, 5) is 26.3. The second kappa shape index (κ2) is 5.63. The van der Waals surface area contributed by atoms with Gasteiger partial charge in [-0.05, 0) is 11.6 Å². The van der Waals surface area contributed by atoms with Crippen LogP contribution in [0.1, 0.15) is 27.4 Å². The highest BCUT2D eigenvalue weighted by atomic mass is 16.2. The number of carbonyl (C=O) groups excluding carboxylic acids is 2. The molecule has 2 heterocycles. The van der Waals surface area contributed by atoms with Crippen molar-refractivity contribution in [3.63, 3.8) is 0 Å². The SMILES string of the molecule is CN1CC(C(=O)NCc2cnn(C)c2)c2ccccc2C1=O. The van der Waals surface area contributed by atoms with Crippen LogP contribution in [0.5, 0.6) is 0 Å². The van der Waals surface area contributed by atoms with Crippen molar-refractivity contribution >= 4 is 11.8 Å². The largest absolute Gasteiger partial charge is 0.351 e. The molecule has 1 N–H and O–H groups in total. The van der Waals surface area contributed by atoms with E-state index in [0.717, 1.165) is 11.1 Å². The summed E-state index contributed by atoms with van der Waals surface area (Å²) in [5, 5.41) is 7.01. The first kappa shape index (κ1) is 14.3. The maximum absolute atomic E-state index is 12.5. The van der Waals surface area contributed by atoms with Crippen molar-refractivity contribution in [2.24, 2.45) is 7.05 Å². The van der Waals surface area contributed by atoms with E-state index in [4.69, 9.17) is 0 Å². The summed E-state index contributed by atoms with van der Waals surface area (Å²) in [5.74, 6) is -0.446. The Hall–Kier alpha value is -2.63. The molecule has 1 aromatic carbocycles. The average Bonchev–Trinajstić information content (AvgIpc) is 2.94. The lowest BCUT2D eigenvalue weighted by Gasteiger charge is -2.31. The molecule has 3 rings (SSSR count). The van der Waals surface area contributed by atoms with Crippen LogP contribution < -0.4 is 5.32 Å². The standard InChI is InChI=1S/C16H18N4O2/c1-19-10-14(12-5-3-4-6-13(12)16(19)22)15(21)17-7-11-8-18-20(2)9-11/h3-6,8-9,14H,7,10H2,1-2H3,(H,17,21). The Bertz CT molecular complexity index is 722. The lowest BCUT2D eigenvalue weighted by Crippen LogP contribution is -2.43. The van der Waals surface area contributed by atoms with Gasteiger partial charge < -0.3 is 10.2 Å². The number of likely N-dealkylation sites (N-methyl/N-ethyl adjacent to an activating group) is 1. The van der Waals surface area contributed by atoms with Crippen molar-refractivity contribution in [3.05, 3.63) is 53.3 Å². The van der Waals surface area contributed by atoms with Gasteiger partial charge in [0, 0.05) is 44.5 Å². The molecule has 0 saturated heterocycles. The minimum Gasteiger partial charge on any atom is -0.351 e. The smallest absolute Gasteiger partial charge is 0.253 e. The number of fused-ring (bicyclic) bond motifs is 1. The van der Waals surface area contributed by atoms with Gasteiger partial charge in [-0.15, -0.1) is 0 Å². The topological polar surface area (TPSA) is 67.2 Å². The van der Waals surface area contributed by atoms with Crippen molar-refractivity contribution in [1.82, 2.24) is 20.0 Å². The molecule has 0 saturated carbocycles. The van der Waals surface area contributed by atoms with E-state index in [1.54, 1.807) is 28.9 Å². The van der Waals surface area contributed by atoms with Gasteiger partial charge in [0.1, 0.15) is 0 Å². The molecular weight excluding hydrogens is 280 g/mol. The van der Waals surface area contributed by atoms with Crippen LogP contribution in [0.2, 0.25) is 0 Å². The molecule has 1 unspecified atom stereocenters. The Morgan fingerprint density at radius 1 is 1.36 bits per heavy atom. The van der Waals surface area contributed by atoms with Crippen molar-refractivity contribution < 1.29 is 9.59 Å². The zero-order chi connectivity index (χ0) is 15.7. The molecule has 0 aliphatic carbocycles. The van der Waals surface area contributed by atoms with Gasteiger partial charge in [-0.1, -0.05) is 18.2 Å². The summed E-state index contributed by atoms with van der Waals surface area (Å²) in [6, 6.07) is 7.31. The Labute approximate surface area is 128 Å². The molecule has 1 aliphatic rings. The van der Waals surface area contributed by atoms with E-state index in [2.05, 4.69) is 10.4 Å². The molecule has 0 fully saturated rings. The third-order valence-electron chi connectivity index (χ3n) is 3.91. The Balaban J connectivity index is 1.77. The monoisotopic (exact) mass is 298 g/mol. The summed E-state index contributed by atoms with van der Waals surface area (Å²) in [6.45, 7) is 0.831. The highest BCUT2D eigenvalue weighted by Gasteiger charge is 2.33. The third-order valence-corrected chi connectivity index (χ3v) is 3.91. The minimum atomic E-state index is -0.337. The summed E-state index contributed by atoms with van der Waals surface area (Å²) in [5.41, 5.74) is 2.36. The Morgan fingerprint density at radius 3 is 2.86 bits per heavy atom. The Kier molecular flexibility index (Phi) is 3.66. The Morgan fingerprint density at radius 2 is 2.14 bits per heavy atom. The first-order chi connectivity index (χ1) is 10.6. The van der Waals surface area contributed by atoms with Crippen LogP contribution in [-0.4, -0.2) is 40.1 Å². The number of carbonyl (C=O) groups is 2. The van der Waals surface area contributed by atoms with Gasteiger partial charge >= 0.3 is 0 Å². The predicted octanol–water partition coefficient (Wildman–Crippen LogP) is 0.906. The molecule has 2 amide bonds. The molecule has 1 aromatic heterocycles. The number of amides is 2. The number of hydrogen-bond acceptors (Lipinski definition) is 3. The zero-order valence-corrected chi connectivity index (χ0v) is 12.6. The molecule has 6 nitrogen and oxygen atoms in total. The molecule has 0 bridgehead atoms. The van der Waals surface area contributed by atoms with Crippen LogP contribution in [0, 0.1) is 0 Å². The van der Waals surface area contributed by atoms with Gasteiger partial charge in [-0.25, -0.2) is 0 Å². The van der Waals surface area contributed by atoms with E-state index in [-0.39, 0.29) is 17.7 Å². The molecule has 6 heteroatoms. The fraction of sp³-hybridized carbons (Fsp3) is 0.312. The van der Waals surface area contributed by atoms with Crippen LogP contribution in [0.4, 0.5) is 0 Å². The lowest BCUT2D eigenvalue weighted by molar-refractivity contribution is -0.123. The maximum Gasteiger partial charge on any atom is 0.253 e. The molecule has 22 heavy (non-hydrogen) atoms. The maximum atomic E-state index is 12.5. The third kappa shape index (κ3) is 2.59. The van der Waals surface area contributed by atoms with Gasteiger partial charge in [-0.2, -0.15) is 5.10 Å². The van der Waals surface area contributed by atoms with E-state index in [9.17, 15) is 9.59 Å². The van der Waals surface area contributed by atoms with Gasteiger partial charge in [0.25, 0.3) is 5.91 Å². The van der Waals surface area contributed by atoms with Crippen LogP contribution in [0.25, 0.3) is 0 Å². The van der Waals surface area contributed by atoms with Crippen LogP contribution in [0.15, 0.2) is 36.7 Å². The molecular formula is C16H18N4O2. The minimum absolute atomic E-state index is 0.0353. The summed E-state index contributed by atoms with van der Waals surface area (Å²) in [7, 11) is 3.56. The molecule has 1 aliphatic heterocycles. The van der Waals surface area contributed by atoms with Crippen molar-refractivity contribution in [2.75, 3.05) is 13.6 Å². The van der Waals surface area contributed by atoms with Gasteiger partial charge in [-0.3, -0.25) is 14.3 Å². The van der Waals surface area contributed by atoms with E-state index in [0.29, 0.717) is 18.7 Å². The van der Waals surface area contributed by atoms with Crippen LogP contribution in [-0.2, 0) is 18.4 Å². The van der Waals surface area contributed by atoms with E-state index in [1.165, 1.54) is 0 Å². The fourth-order valence-electron chi connectivity index (χ4n) is 2.76. The van der Waals surface area contributed by atoms with Crippen molar-refractivity contribution in [2.45, 2.75) is 12.5 Å². The van der Waals surface area contributed by atoms with Crippen molar-refractivity contribution in [1.29, 1.82) is 0 Å². The number of aryl methyl sites for hydroxylation is 1. The van der Waals surface area contributed by atoms with E-state index in [1.807, 2.05) is 31.4 Å². The number of nitrogens with one attached hydrogen (secondary N) is 1.